The molecular formula is C18H20N2O3. The second-order valence-corrected chi connectivity index (χ2v) is 5.62. The van der Waals surface area contributed by atoms with Gasteiger partial charge in [0, 0.05) is 43.0 Å². The molecule has 1 atom stereocenters. The average Bonchev–Trinajstić information content (AvgIpc) is 3.11. The monoisotopic (exact) mass is 312 g/mol. The first-order chi connectivity index (χ1) is 11.2. The van der Waals surface area contributed by atoms with Crippen LogP contribution in [-0.2, 0) is 0 Å². The van der Waals surface area contributed by atoms with E-state index in [4.69, 9.17) is 9.47 Å². The van der Waals surface area contributed by atoms with Gasteiger partial charge in [-0.1, -0.05) is 0 Å². The largest absolute Gasteiger partial charge is 0.497 e. The van der Waals surface area contributed by atoms with Gasteiger partial charge in [-0.2, -0.15) is 0 Å². The van der Waals surface area contributed by atoms with Crippen LogP contribution in [-0.4, -0.2) is 43.1 Å². The number of carbonyl (C=O) groups excluding carboxylic acids is 1. The molecule has 0 aliphatic carbocycles. The van der Waals surface area contributed by atoms with Crippen molar-refractivity contribution in [3.8, 4) is 11.5 Å². The second kappa shape index (κ2) is 6.69. The van der Waals surface area contributed by atoms with Crippen molar-refractivity contribution in [2.45, 2.75) is 12.3 Å². The number of likely N-dealkylation sites (tertiary alicyclic amines) is 1. The summed E-state index contributed by atoms with van der Waals surface area (Å²) in [5.41, 5.74) is 1.83. The van der Waals surface area contributed by atoms with Crippen LogP contribution in [0.25, 0.3) is 0 Å². The van der Waals surface area contributed by atoms with Gasteiger partial charge in [-0.05, 0) is 36.2 Å². The summed E-state index contributed by atoms with van der Waals surface area (Å²) in [5, 5.41) is 0. The highest BCUT2D eigenvalue weighted by Gasteiger charge is 2.28. The van der Waals surface area contributed by atoms with Gasteiger partial charge in [0.1, 0.15) is 11.5 Å². The SMILES string of the molecule is COc1cc(OC)cc(C2CCN(C(=O)c3ccncc3)C2)c1. The summed E-state index contributed by atoms with van der Waals surface area (Å²) in [5.74, 6) is 1.91. The predicted molar refractivity (Wildman–Crippen MR) is 87.0 cm³/mol. The van der Waals surface area contributed by atoms with Crippen molar-refractivity contribution in [2.24, 2.45) is 0 Å². The van der Waals surface area contributed by atoms with E-state index in [0.29, 0.717) is 18.0 Å². The number of hydrogen-bond donors (Lipinski definition) is 0. The summed E-state index contributed by atoms with van der Waals surface area (Å²) in [7, 11) is 3.29. The van der Waals surface area contributed by atoms with Crippen LogP contribution < -0.4 is 9.47 Å². The Morgan fingerprint density at radius 1 is 1.13 bits per heavy atom. The van der Waals surface area contributed by atoms with E-state index in [1.807, 2.05) is 23.1 Å². The van der Waals surface area contributed by atoms with Gasteiger partial charge in [0.2, 0.25) is 0 Å². The average molecular weight is 312 g/mol. The number of ether oxygens (including phenoxy) is 2. The highest BCUT2D eigenvalue weighted by atomic mass is 16.5. The summed E-state index contributed by atoms with van der Waals surface area (Å²) in [6.07, 6.45) is 4.23. The molecular weight excluding hydrogens is 292 g/mol. The maximum atomic E-state index is 12.5. The van der Waals surface area contributed by atoms with Crippen molar-refractivity contribution in [3.63, 3.8) is 0 Å². The molecule has 2 heterocycles. The molecule has 0 bridgehead atoms. The summed E-state index contributed by atoms with van der Waals surface area (Å²) in [6.45, 7) is 1.46. The van der Waals surface area contributed by atoms with E-state index in [9.17, 15) is 4.79 Å². The lowest BCUT2D eigenvalue weighted by Crippen LogP contribution is -2.28. The van der Waals surface area contributed by atoms with Gasteiger partial charge in [-0.25, -0.2) is 0 Å². The molecule has 2 aromatic rings. The quantitative estimate of drug-likeness (QED) is 0.871. The number of rotatable bonds is 4. The van der Waals surface area contributed by atoms with Crippen molar-refractivity contribution < 1.29 is 14.3 Å². The molecule has 3 rings (SSSR count). The molecule has 1 aromatic heterocycles. The second-order valence-electron chi connectivity index (χ2n) is 5.62. The van der Waals surface area contributed by atoms with E-state index in [-0.39, 0.29) is 5.91 Å². The predicted octanol–water partition coefficient (Wildman–Crippen LogP) is 2.73. The van der Waals surface area contributed by atoms with Gasteiger partial charge >= 0.3 is 0 Å². The van der Waals surface area contributed by atoms with Crippen molar-refractivity contribution in [1.82, 2.24) is 9.88 Å². The number of hydrogen-bond acceptors (Lipinski definition) is 4. The van der Waals surface area contributed by atoms with Crippen LogP contribution in [0.15, 0.2) is 42.7 Å². The van der Waals surface area contributed by atoms with Crippen LogP contribution >= 0.6 is 0 Å². The smallest absolute Gasteiger partial charge is 0.253 e. The Balaban J connectivity index is 1.76. The number of benzene rings is 1. The van der Waals surface area contributed by atoms with Crippen molar-refractivity contribution in [3.05, 3.63) is 53.9 Å². The summed E-state index contributed by atoms with van der Waals surface area (Å²) >= 11 is 0. The number of carbonyl (C=O) groups is 1. The molecule has 0 N–H and O–H groups in total. The first-order valence-electron chi connectivity index (χ1n) is 7.63. The zero-order valence-electron chi connectivity index (χ0n) is 13.4. The molecule has 0 saturated carbocycles. The van der Waals surface area contributed by atoms with Gasteiger partial charge in [-0.3, -0.25) is 9.78 Å². The lowest BCUT2D eigenvalue weighted by molar-refractivity contribution is 0.0790. The molecule has 1 amide bonds. The molecule has 5 nitrogen and oxygen atoms in total. The van der Waals surface area contributed by atoms with Crippen LogP contribution in [0.5, 0.6) is 11.5 Å². The van der Waals surface area contributed by atoms with E-state index in [1.165, 1.54) is 0 Å². The van der Waals surface area contributed by atoms with E-state index in [2.05, 4.69) is 4.98 Å². The van der Waals surface area contributed by atoms with Gasteiger partial charge in [0.25, 0.3) is 5.91 Å². The molecule has 1 aromatic carbocycles. The van der Waals surface area contributed by atoms with Gasteiger partial charge in [-0.15, -0.1) is 0 Å². The number of pyridine rings is 1. The maximum absolute atomic E-state index is 12.5. The zero-order valence-corrected chi connectivity index (χ0v) is 13.4. The fourth-order valence-corrected chi connectivity index (χ4v) is 2.96. The molecule has 1 fully saturated rings. The lowest BCUT2D eigenvalue weighted by Gasteiger charge is -2.17. The number of nitrogens with zero attached hydrogens (tertiary/aromatic N) is 2. The molecule has 120 valence electrons. The highest BCUT2D eigenvalue weighted by Crippen LogP contribution is 2.33. The van der Waals surface area contributed by atoms with Crippen molar-refractivity contribution in [1.29, 1.82) is 0 Å². The van der Waals surface area contributed by atoms with Crippen LogP contribution in [0, 0.1) is 0 Å². The molecule has 0 radical (unpaired) electrons. The topological polar surface area (TPSA) is 51.7 Å². The van der Waals surface area contributed by atoms with E-state index in [1.54, 1.807) is 38.7 Å². The van der Waals surface area contributed by atoms with Crippen LogP contribution in [0.3, 0.4) is 0 Å². The molecule has 1 aliphatic rings. The maximum Gasteiger partial charge on any atom is 0.253 e. The van der Waals surface area contributed by atoms with Crippen LogP contribution in [0.1, 0.15) is 28.3 Å². The Bertz CT molecular complexity index is 666. The number of amides is 1. The highest BCUT2D eigenvalue weighted by molar-refractivity contribution is 5.94. The third-order valence-electron chi connectivity index (χ3n) is 4.25. The first-order valence-corrected chi connectivity index (χ1v) is 7.63. The van der Waals surface area contributed by atoms with Crippen molar-refractivity contribution >= 4 is 5.91 Å². The minimum Gasteiger partial charge on any atom is -0.497 e. The normalized spacial score (nSPS) is 17.1. The third kappa shape index (κ3) is 3.28. The Morgan fingerprint density at radius 2 is 1.78 bits per heavy atom. The number of aromatic nitrogens is 1. The van der Waals surface area contributed by atoms with Crippen molar-refractivity contribution in [2.75, 3.05) is 27.3 Å². The lowest BCUT2D eigenvalue weighted by atomic mass is 9.98. The standard InChI is InChI=1S/C18H20N2O3/c1-22-16-9-15(10-17(11-16)23-2)14-5-8-20(12-14)18(21)13-3-6-19-7-4-13/h3-4,6-7,9-11,14H,5,8,12H2,1-2H3. The number of methoxy groups -OCH3 is 2. The summed E-state index contributed by atoms with van der Waals surface area (Å²) < 4.78 is 10.7. The Labute approximate surface area is 135 Å². The molecule has 1 saturated heterocycles. The first kappa shape index (κ1) is 15.3. The van der Waals surface area contributed by atoms with Gasteiger partial charge in [0.05, 0.1) is 14.2 Å². The Morgan fingerprint density at radius 3 is 2.39 bits per heavy atom. The minimum absolute atomic E-state index is 0.0600. The van der Waals surface area contributed by atoms with E-state index < -0.39 is 0 Å². The van der Waals surface area contributed by atoms with Crippen LogP contribution in [0.4, 0.5) is 0 Å². The minimum atomic E-state index is 0.0600. The molecule has 1 aliphatic heterocycles. The molecule has 23 heavy (non-hydrogen) atoms. The van der Waals surface area contributed by atoms with E-state index in [0.717, 1.165) is 30.0 Å². The van der Waals surface area contributed by atoms with E-state index >= 15 is 0 Å². The fraction of sp³-hybridized carbons (Fsp3) is 0.333. The van der Waals surface area contributed by atoms with Gasteiger partial charge < -0.3 is 14.4 Å². The Kier molecular flexibility index (Phi) is 4.46. The van der Waals surface area contributed by atoms with Gasteiger partial charge in [0.15, 0.2) is 0 Å². The summed E-state index contributed by atoms with van der Waals surface area (Å²) in [6, 6.07) is 9.41. The molecule has 0 spiro atoms. The Hall–Kier alpha value is -2.56. The molecule has 1 unspecified atom stereocenters. The summed E-state index contributed by atoms with van der Waals surface area (Å²) in [4.78, 5) is 18.4. The fourth-order valence-electron chi connectivity index (χ4n) is 2.96. The zero-order chi connectivity index (χ0) is 16.2. The molecule has 5 heteroatoms. The third-order valence-corrected chi connectivity index (χ3v) is 4.25. The van der Waals surface area contributed by atoms with Crippen LogP contribution in [0.2, 0.25) is 0 Å².